The number of ether oxygens (including phenoxy) is 2. The topological polar surface area (TPSA) is 68.0 Å². The molecule has 0 atom stereocenters. The lowest BCUT2D eigenvalue weighted by atomic mass is 10.1. The molecule has 1 aromatic carbocycles. The van der Waals surface area contributed by atoms with Gasteiger partial charge in [-0.25, -0.2) is 4.39 Å². The molecule has 0 spiro atoms. The zero-order valence-electron chi connectivity index (χ0n) is 17.2. The minimum absolute atomic E-state index is 0.0107. The van der Waals surface area contributed by atoms with Gasteiger partial charge in [-0.2, -0.15) is 0 Å². The van der Waals surface area contributed by atoms with Gasteiger partial charge in [-0.1, -0.05) is 19.0 Å². The summed E-state index contributed by atoms with van der Waals surface area (Å²) in [6, 6.07) is 6.13. The minimum Gasteiger partial charge on any atom is -0.378 e. The molecule has 3 rings (SSSR count). The number of benzene rings is 1. The number of hydrogen-bond donors (Lipinski definition) is 0. The molecular formula is C21H28FN3O4. The van der Waals surface area contributed by atoms with Gasteiger partial charge < -0.3 is 23.8 Å². The van der Waals surface area contributed by atoms with E-state index < -0.39 is 0 Å². The second kappa shape index (κ2) is 9.84. The van der Waals surface area contributed by atoms with Crippen molar-refractivity contribution in [3.8, 4) is 11.3 Å². The Morgan fingerprint density at radius 1 is 1.28 bits per heavy atom. The van der Waals surface area contributed by atoms with Crippen LogP contribution in [0.15, 0.2) is 28.8 Å². The summed E-state index contributed by atoms with van der Waals surface area (Å²) in [5, 5.41) is 4.28. The first-order valence-corrected chi connectivity index (χ1v) is 9.83. The summed E-state index contributed by atoms with van der Waals surface area (Å²) in [5.74, 6) is 0.507. The molecule has 1 aliphatic heterocycles. The van der Waals surface area contributed by atoms with E-state index in [1.807, 2.05) is 0 Å². The quantitative estimate of drug-likeness (QED) is 0.673. The number of anilines is 1. The monoisotopic (exact) mass is 405 g/mol. The van der Waals surface area contributed by atoms with Crippen LogP contribution in [0, 0.1) is 11.7 Å². The molecule has 1 amide bonds. The van der Waals surface area contributed by atoms with Crippen molar-refractivity contribution >= 4 is 11.8 Å². The third-order valence-corrected chi connectivity index (χ3v) is 4.74. The molecule has 0 saturated carbocycles. The number of methoxy groups -OCH3 is 1. The number of carbonyl (C=O) groups is 1. The van der Waals surface area contributed by atoms with Crippen molar-refractivity contribution < 1.29 is 23.2 Å². The number of carbonyl (C=O) groups excluding carboxylic acids is 1. The molecule has 2 heterocycles. The van der Waals surface area contributed by atoms with Crippen LogP contribution in [0.2, 0.25) is 0 Å². The van der Waals surface area contributed by atoms with Crippen molar-refractivity contribution in [3.05, 3.63) is 35.6 Å². The van der Waals surface area contributed by atoms with E-state index in [9.17, 15) is 9.18 Å². The second-order valence-electron chi connectivity index (χ2n) is 7.52. The zero-order valence-corrected chi connectivity index (χ0v) is 17.2. The number of rotatable bonds is 8. The van der Waals surface area contributed by atoms with E-state index in [0.29, 0.717) is 51.0 Å². The van der Waals surface area contributed by atoms with Gasteiger partial charge in [-0.3, -0.25) is 4.79 Å². The van der Waals surface area contributed by atoms with Crippen LogP contribution < -0.4 is 4.90 Å². The first-order chi connectivity index (χ1) is 14.0. The van der Waals surface area contributed by atoms with Crippen molar-refractivity contribution in [2.24, 2.45) is 5.92 Å². The molecular weight excluding hydrogens is 377 g/mol. The van der Waals surface area contributed by atoms with Gasteiger partial charge in [0.1, 0.15) is 18.1 Å². The molecule has 0 N–H and O–H groups in total. The summed E-state index contributed by atoms with van der Waals surface area (Å²) >= 11 is 0. The molecule has 29 heavy (non-hydrogen) atoms. The van der Waals surface area contributed by atoms with Gasteiger partial charge in [-0.15, -0.1) is 0 Å². The summed E-state index contributed by atoms with van der Waals surface area (Å²) in [4.78, 5) is 16.5. The average Bonchev–Trinajstić information content (AvgIpc) is 3.12. The Balaban J connectivity index is 1.98. The lowest BCUT2D eigenvalue weighted by Crippen LogP contribution is -2.38. The molecule has 1 aliphatic rings. The Labute approximate surface area is 170 Å². The number of morpholine rings is 1. The third kappa shape index (κ3) is 5.33. The highest BCUT2D eigenvalue weighted by atomic mass is 19.1. The van der Waals surface area contributed by atoms with Crippen molar-refractivity contribution in [1.29, 1.82) is 0 Å². The SMILES string of the molecule is COCC(=O)N(Cc1c(-c2ccc(F)cc2)noc1N1CCOCC1)CC(C)C. The third-order valence-electron chi connectivity index (χ3n) is 4.74. The standard InChI is InChI=1S/C21H28FN3O4/c1-15(2)12-25(19(26)14-27-3)13-18-20(16-4-6-17(22)7-5-16)23-29-21(18)24-8-10-28-11-9-24/h4-7,15H,8-14H2,1-3H3. The minimum atomic E-state index is -0.316. The summed E-state index contributed by atoms with van der Waals surface area (Å²) in [6.07, 6.45) is 0. The fourth-order valence-corrected chi connectivity index (χ4v) is 3.39. The van der Waals surface area contributed by atoms with Crippen molar-refractivity contribution in [1.82, 2.24) is 10.1 Å². The van der Waals surface area contributed by atoms with E-state index in [2.05, 4.69) is 23.9 Å². The van der Waals surface area contributed by atoms with Gasteiger partial charge in [0, 0.05) is 32.3 Å². The number of aromatic nitrogens is 1. The van der Waals surface area contributed by atoms with Gasteiger partial charge in [0.05, 0.1) is 25.3 Å². The number of halogens is 1. The van der Waals surface area contributed by atoms with Crippen LogP contribution in [0.25, 0.3) is 11.3 Å². The lowest BCUT2D eigenvalue weighted by Gasteiger charge is -2.29. The van der Waals surface area contributed by atoms with Crippen LogP contribution >= 0.6 is 0 Å². The Morgan fingerprint density at radius 3 is 2.59 bits per heavy atom. The number of hydrogen-bond acceptors (Lipinski definition) is 6. The summed E-state index contributed by atoms with van der Waals surface area (Å²) in [5.41, 5.74) is 2.17. The molecule has 1 fully saturated rings. The number of amides is 1. The Bertz CT molecular complexity index is 801. The van der Waals surface area contributed by atoms with E-state index in [4.69, 9.17) is 14.0 Å². The molecule has 8 heteroatoms. The predicted molar refractivity (Wildman–Crippen MR) is 107 cm³/mol. The average molecular weight is 405 g/mol. The Morgan fingerprint density at radius 2 is 1.97 bits per heavy atom. The largest absolute Gasteiger partial charge is 0.378 e. The molecule has 158 valence electrons. The lowest BCUT2D eigenvalue weighted by molar-refractivity contribution is -0.136. The zero-order chi connectivity index (χ0) is 20.8. The fraction of sp³-hybridized carbons (Fsp3) is 0.524. The smallest absolute Gasteiger partial charge is 0.248 e. The molecule has 0 bridgehead atoms. The van der Waals surface area contributed by atoms with Crippen LogP contribution in [0.3, 0.4) is 0 Å². The van der Waals surface area contributed by atoms with Gasteiger partial charge in [0.15, 0.2) is 0 Å². The molecule has 0 unspecified atom stereocenters. The van der Waals surface area contributed by atoms with E-state index in [0.717, 1.165) is 11.1 Å². The highest BCUT2D eigenvalue weighted by molar-refractivity contribution is 5.78. The van der Waals surface area contributed by atoms with Gasteiger partial charge >= 0.3 is 0 Å². The second-order valence-corrected chi connectivity index (χ2v) is 7.52. The maximum atomic E-state index is 13.4. The summed E-state index contributed by atoms with van der Waals surface area (Å²) in [7, 11) is 1.51. The maximum absolute atomic E-state index is 13.4. The maximum Gasteiger partial charge on any atom is 0.248 e. The van der Waals surface area contributed by atoms with Crippen LogP contribution in [-0.4, -0.2) is 62.5 Å². The molecule has 2 aromatic rings. The Kier molecular flexibility index (Phi) is 7.22. The fourth-order valence-electron chi connectivity index (χ4n) is 3.39. The molecule has 7 nitrogen and oxygen atoms in total. The van der Waals surface area contributed by atoms with Gasteiger partial charge in [0.2, 0.25) is 11.8 Å². The van der Waals surface area contributed by atoms with E-state index in [1.165, 1.54) is 19.2 Å². The highest BCUT2D eigenvalue weighted by Gasteiger charge is 2.27. The van der Waals surface area contributed by atoms with E-state index in [-0.39, 0.29) is 24.2 Å². The van der Waals surface area contributed by atoms with Crippen molar-refractivity contribution in [2.45, 2.75) is 20.4 Å². The predicted octanol–water partition coefficient (Wildman–Crippen LogP) is 2.95. The van der Waals surface area contributed by atoms with Crippen LogP contribution in [0.1, 0.15) is 19.4 Å². The summed E-state index contributed by atoms with van der Waals surface area (Å²) in [6.45, 7) is 7.62. The van der Waals surface area contributed by atoms with E-state index >= 15 is 0 Å². The highest BCUT2D eigenvalue weighted by Crippen LogP contribution is 2.33. The van der Waals surface area contributed by atoms with Crippen LogP contribution in [0.5, 0.6) is 0 Å². The first kappa shape index (κ1) is 21.3. The molecule has 0 aliphatic carbocycles. The molecule has 1 aromatic heterocycles. The van der Waals surface area contributed by atoms with Gasteiger partial charge in [-0.05, 0) is 30.2 Å². The van der Waals surface area contributed by atoms with Crippen LogP contribution in [-0.2, 0) is 20.8 Å². The van der Waals surface area contributed by atoms with Crippen molar-refractivity contribution in [3.63, 3.8) is 0 Å². The van der Waals surface area contributed by atoms with Crippen LogP contribution in [0.4, 0.5) is 10.3 Å². The van der Waals surface area contributed by atoms with E-state index in [1.54, 1.807) is 17.0 Å². The normalized spacial score (nSPS) is 14.4. The summed E-state index contributed by atoms with van der Waals surface area (Å²) < 4.78 is 29.6. The first-order valence-electron chi connectivity index (χ1n) is 9.83. The Hall–Kier alpha value is -2.45. The number of nitrogens with zero attached hydrogens (tertiary/aromatic N) is 3. The van der Waals surface area contributed by atoms with Crippen molar-refractivity contribution in [2.75, 3.05) is 51.5 Å². The molecule has 1 saturated heterocycles. The molecule has 0 radical (unpaired) electrons. The van der Waals surface area contributed by atoms with Gasteiger partial charge in [0.25, 0.3) is 0 Å².